The molecule has 0 radical (unpaired) electrons. The lowest BCUT2D eigenvalue weighted by atomic mass is 9.76. The lowest BCUT2D eigenvalue weighted by Gasteiger charge is -2.47. The van der Waals surface area contributed by atoms with Gasteiger partial charge in [0.25, 0.3) is 0 Å². The summed E-state index contributed by atoms with van der Waals surface area (Å²) in [6.07, 6.45) is -0.642. The summed E-state index contributed by atoms with van der Waals surface area (Å²) in [5.74, 6) is -1.45. The molecule has 0 saturated carbocycles. The maximum Gasteiger partial charge on any atom is 0.410 e. The molecule has 186 valence electrons. The van der Waals surface area contributed by atoms with Crippen molar-refractivity contribution in [3.8, 4) is 0 Å². The predicted octanol–water partition coefficient (Wildman–Crippen LogP) is 2.61. The number of benzene rings is 1. The SMILES string of the molecule is CC(C)(C)OC(=O)N1CC[C@H](N2CC[C@H](NC(=O)OCc3ccccc3)C2=O)[C@@](C)(C(=O)O)C1. The van der Waals surface area contributed by atoms with Crippen LogP contribution < -0.4 is 5.32 Å². The highest BCUT2D eigenvalue weighted by Gasteiger charge is 2.53. The zero-order valence-corrected chi connectivity index (χ0v) is 20.1. The maximum absolute atomic E-state index is 13.1. The second-order valence-corrected chi connectivity index (χ2v) is 10.0. The predicted molar refractivity (Wildman–Crippen MR) is 122 cm³/mol. The molecule has 1 aromatic carbocycles. The van der Waals surface area contributed by atoms with Gasteiger partial charge in [-0.2, -0.15) is 0 Å². The Labute approximate surface area is 199 Å². The average molecular weight is 476 g/mol. The van der Waals surface area contributed by atoms with Crippen molar-refractivity contribution >= 4 is 24.1 Å². The Morgan fingerprint density at radius 3 is 2.44 bits per heavy atom. The Balaban J connectivity index is 1.62. The lowest BCUT2D eigenvalue weighted by molar-refractivity contribution is -0.158. The van der Waals surface area contributed by atoms with Crippen molar-refractivity contribution in [2.75, 3.05) is 19.6 Å². The van der Waals surface area contributed by atoms with E-state index in [4.69, 9.17) is 9.47 Å². The fourth-order valence-corrected chi connectivity index (χ4v) is 4.42. The number of alkyl carbamates (subject to hydrolysis) is 1. The Bertz CT molecular complexity index is 930. The van der Waals surface area contributed by atoms with Crippen LogP contribution in [0.5, 0.6) is 0 Å². The Morgan fingerprint density at radius 2 is 1.82 bits per heavy atom. The molecule has 2 saturated heterocycles. The first-order chi connectivity index (χ1) is 15.9. The summed E-state index contributed by atoms with van der Waals surface area (Å²) in [4.78, 5) is 53.0. The lowest BCUT2D eigenvalue weighted by Crippen LogP contribution is -2.62. The first-order valence-corrected chi connectivity index (χ1v) is 11.4. The number of piperidine rings is 1. The minimum Gasteiger partial charge on any atom is -0.481 e. The van der Waals surface area contributed by atoms with Crippen molar-refractivity contribution in [2.24, 2.45) is 5.41 Å². The number of carboxylic acids is 1. The first kappa shape index (κ1) is 25.3. The Morgan fingerprint density at radius 1 is 1.15 bits per heavy atom. The number of aliphatic carboxylic acids is 1. The topological polar surface area (TPSA) is 125 Å². The number of ether oxygens (including phenoxy) is 2. The number of nitrogens with one attached hydrogen (secondary N) is 1. The van der Waals surface area contributed by atoms with Gasteiger partial charge in [0.15, 0.2) is 0 Å². The molecule has 0 spiro atoms. The number of carbonyl (C=O) groups is 4. The first-order valence-electron chi connectivity index (χ1n) is 11.4. The zero-order valence-electron chi connectivity index (χ0n) is 20.1. The van der Waals surface area contributed by atoms with Gasteiger partial charge in [-0.25, -0.2) is 9.59 Å². The number of nitrogens with zero attached hydrogens (tertiary/aromatic N) is 2. The van der Waals surface area contributed by atoms with E-state index in [-0.39, 0.29) is 25.6 Å². The number of hydrogen-bond acceptors (Lipinski definition) is 6. The van der Waals surface area contributed by atoms with Gasteiger partial charge in [-0.1, -0.05) is 30.3 Å². The van der Waals surface area contributed by atoms with E-state index in [0.717, 1.165) is 5.56 Å². The largest absolute Gasteiger partial charge is 0.481 e. The molecule has 1 aromatic rings. The van der Waals surface area contributed by atoms with Gasteiger partial charge < -0.3 is 29.7 Å². The summed E-state index contributed by atoms with van der Waals surface area (Å²) < 4.78 is 10.6. The van der Waals surface area contributed by atoms with Crippen LogP contribution in [-0.4, -0.2) is 76.3 Å². The van der Waals surface area contributed by atoms with Gasteiger partial charge >= 0.3 is 18.2 Å². The van der Waals surface area contributed by atoms with Crippen LogP contribution >= 0.6 is 0 Å². The van der Waals surface area contributed by atoms with Crippen molar-refractivity contribution in [3.63, 3.8) is 0 Å². The molecular weight excluding hydrogens is 442 g/mol. The van der Waals surface area contributed by atoms with Gasteiger partial charge in [-0.3, -0.25) is 9.59 Å². The molecule has 10 heteroatoms. The molecule has 2 fully saturated rings. The Kier molecular flexibility index (Phi) is 7.38. The zero-order chi connectivity index (χ0) is 25.1. The molecule has 0 bridgehead atoms. The van der Waals surface area contributed by atoms with Crippen LogP contribution in [0.2, 0.25) is 0 Å². The van der Waals surface area contributed by atoms with Crippen LogP contribution in [0.25, 0.3) is 0 Å². The van der Waals surface area contributed by atoms with Crippen molar-refractivity contribution in [1.82, 2.24) is 15.1 Å². The fourth-order valence-electron chi connectivity index (χ4n) is 4.42. The number of rotatable bonds is 5. The van der Waals surface area contributed by atoms with E-state index >= 15 is 0 Å². The summed E-state index contributed by atoms with van der Waals surface area (Å²) >= 11 is 0. The fraction of sp³-hybridized carbons (Fsp3) is 0.583. The van der Waals surface area contributed by atoms with E-state index in [1.807, 2.05) is 30.3 Å². The van der Waals surface area contributed by atoms with Crippen LogP contribution in [0.4, 0.5) is 9.59 Å². The minimum atomic E-state index is -1.38. The minimum absolute atomic E-state index is 0.0805. The van der Waals surface area contributed by atoms with Crippen molar-refractivity contribution < 1.29 is 33.8 Å². The highest BCUT2D eigenvalue weighted by Crippen LogP contribution is 2.36. The molecule has 2 aliphatic heterocycles. The smallest absolute Gasteiger partial charge is 0.410 e. The third kappa shape index (κ3) is 5.78. The molecule has 10 nitrogen and oxygen atoms in total. The number of hydrogen-bond donors (Lipinski definition) is 2. The highest BCUT2D eigenvalue weighted by molar-refractivity contribution is 5.89. The normalized spacial score (nSPS) is 25.1. The summed E-state index contributed by atoms with van der Waals surface area (Å²) in [6, 6.07) is 7.77. The summed E-state index contributed by atoms with van der Waals surface area (Å²) in [7, 11) is 0. The van der Waals surface area contributed by atoms with E-state index in [2.05, 4.69) is 5.32 Å². The molecule has 3 rings (SSSR count). The molecular formula is C24H33N3O7. The van der Waals surface area contributed by atoms with Gasteiger partial charge in [-0.15, -0.1) is 0 Å². The number of carbonyl (C=O) groups excluding carboxylic acids is 3. The van der Waals surface area contributed by atoms with E-state index < -0.39 is 41.3 Å². The quantitative estimate of drug-likeness (QED) is 0.670. The van der Waals surface area contributed by atoms with E-state index in [0.29, 0.717) is 19.4 Å². The van der Waals surface area contributed by atoms with Crippen LogP contribution in [0.15, 0.2) is 30.3 Å². The van der Waals surface area contributed by atoms with Gasteiger partial charge in [0.05, 0.1) is 6.04 Å². The monoisotopic (exact) mass is 475 g/mol. The van der Waals surface area contributed by atoms with Gasteiger partial charge in [0, 0.05) is 19.6 Å². The second kappa shape index (κ2) is 9.90. The number of amides is 3. The molecule has 0 unspecified atom stereocenters. The van der Waals surface area contributed by atoms with E-state index in [1.54, 1.807) is 27.7 Å². The molecule has 34 heavy (non-hydrogen) atoms. The van der Waals surface area contributed by atoms with Gasteiger partial charge in [0.1, 0.15) is 23.7 Å². The van der Waals surface area contributed by atoms with Crippen molar-refractivity contribution in [3.05, 3.63) is 35.9 Å². The molecule has 3 atom stereocenters. The summed E-state index contributed by atoms with van der Waals surface area (Å²) in [5, 5.41) is 12.6. The molecule has 0 aromatic heterocycles. The van der Waals surface area contributed by atoms with Crippen molar-refractivity contribution in [1.29, 1.82) is 0 Å². The maximum atomic E-state index is 13.1. The number of likely N-dealkylation sites (tertiary alicyclic amines) is 2. The highest BCUT2D eigenvalue weighted by atomic mass is 16.6. The van der Waals surface area contributed by atoms with E-state index in [9.17, 15) is 24.3 Å². The second-order valence-electron chi connectivity index (χ2n) is 10.0. The third-order valence-corrected chi connectivity index (χ3v) is 6.19. The number of carboxylic acid groups (broad SMARTS) is 1. The summed E-state index contributed by atoms with van der Waals surface area (Å²) in [6.45, 7) is 7.35. The van der Waals surface area contributed by atoms with Crippen LogP contribution in [0, 0.1) is 5.41 Å². The van der Waals surface area contributed by atoms with Crippen molar-refractivity contribution in [2.45, 2.75) is 64.8 Å². The van der Waals surface area contributed by atoms with Gasteiger partial charge in [0.2, 0.25) is 5.91 Å². The molecule has 2 N–H and O–H groups in total. The van der Waals surface area contributed by atoms with Crippen LogP contribution in [0.1, 0.15) is 46.1 Å². The average Bonchev–Trinajstić information content (AvgIpc) is 3.11. The standard InChI is InChI=1S/C24H33N3O7/c1-23(2,3)34-22(32)26-12-11-18(24(4,15-26)20(29)30)27-13-10-17(19(27)28)25-21(31)33-14-16-8-6-5-7-9-16/h5-9,17-18H,10-15H2,1-4H3,(H,25,31)(H,29,30)/t17-,18-,24-/m0/s1. The van der Waals surface area contributed by atoms with Gasteiger partial charge in [-0.05, 0) is 46.1 Å². The molecule has 2 heterocycles. The molecule has 3 amide bonds. The van der Waals surface area contributed by atoms with E-state index in [1.165, 1.54) is 9.80 Å². The third-order valence-electron chi connectivity index (χ3n) is 6.19. The molecule has 2 aliphatic rings. The van der Waals surface area contributed by atoms with Crippen LogP contribution in [-0.2, 0) is 25.7 Å². The summed E-state index contributed by atoms with van der Waals surface area (Å²) in [5.41, 5.74) is -1.26. The Hall–Kier alpha value is -3.30. The van der Waals surface area contributed by atoms with Crippen LogP contribution in [0.3, 0.4) is 0 Å². The molecule has 0 aliphatic carbocycles.